The fraction of sp³-hybridized carbons (Fsp3) is 0. The first kappa shape index (κ1) is 15.3. The molecule has 3 N–H and O–H groups in total. The summed E-state index contributed by atoms with van der Waals surface area (Å²) in [5, 5.41) is 3.86. The third kappa shape index (κ3) is 3.30. The van der Waals surface area contributed by atoms with E-state index < -0.39 is 5.91 Å². The van der Waals surface area contributed by atoms with E-state index in [1.165, 1.54) is 24.3 Å². The van der Waals surface area contributed by atoms with E-state index in [2.05, 4.69) is 5.32 Å². The highest BCUT2D eigenvalue weighted by atomic mass is 35.5. The van der Waals surface area contributed by atoms with E-state index in [4.69, 9.17) is 52.1 Å². The monoisotopic (exact) mass is 348 g/mol. The van der Waals surface area contributed by atoms with Crippen molar-refractivity contribution in [2.75, 3.05) is 11.1 Å². The molecular weight excluding hydrogens is 342 g/mol. The van der Waals surface area contributed by atoms with Crippen LogP contribution in [0.15, 0.2) is 30.3 Å². The van der Waals surface area contributed by atoms with E-state index >= 15 is 0 Å². The number of nitrogens with one attached hydrogen (secondary N) is 1. The molecule has 0 saturated carbocycles. The predicted octanol–water partition coefficient (Wildman–Crippen LogP) is 5.13. The summed E-state index contributed by atoms with van der Waals surface area (Å²) in [6, 6.07) is 7.60. The number of carbonyl (C=O) groups is 1. The van der Waals surface area contributed by atoms with Crippen molar-refractivity contribution in [1.29, 1.82) is 0 Å². The van der Waals surface area contributed by atoms with Crippen molar-refractivity contribution in [1.82, 2.24) is 0 Å². The highest BCUT2D eigenvalue weighted by molar-refractivity contribution is 6.39. The van der Waals surface area contributed by atoms with Gasteiger partial charge in [0, 0.05) is 10.7 Å². The van der Waals surface area contributed by atoms with Crippen molar-refractivity contribution in [3.8, 4) is 0 Å². The molecule has 0 spiro atoms. The van der Waals surface area contributed by atoms with Crippen LogP contribution in [0.1, 0.15) is 10.4 Å². The van der Waals surface area contributed by atoms with Crippen molar-refractivity contribution in [3.63, 3.8) is 0 Å². The molecule has 1 amide bonds. The van der Waals surface area contributed by atoms with Gasteiger partial charge in [0.25, 0.3) is 5.91 Å². The highest BCUT2D eigenvalue weighted by Gasteiger charge is 2.12. The highest BCUT2D eigenvalue weighted by Crippen LogP contribution is 2.31. The molecule has 104 valence electrons. The number of halogens is 4. The maximum Gasteiger partial charge on any atom is 0.257 e. The zero-order valence-electron chi connectivity index (χ0n) is 9.88. The molecule has 20 heavy (non-hydrogen) atoms. The minimum absolute atomic E-state index is 0.252. The van der Waals surface area contributed by atoms with Gasteiger partial charge in [0.15, 0.2) is 0 Å². The lowest BCUT2D eigenvalue weighted by Gasteiger charge is -2.09. The number of hydrogen-bond donors (Lipinski definition) is 2. The third-order valence-electron chi connectivity index (χ3n) is 2.51. The molecule has 0 aliphatic heterocycles. The number of anilines is 2. The summed E-state index contributed by atoms with van der Waals surface area (Å²) in [6.07, 6.45) is 0. The zero-order valence-corrected chi connectivity index (χ0v) is 12.9. The van der Waals surface area contributed by atoms with Gasteiger partial charge in [0.05, 0.1) is 26.3 Å². The molecule has 0 aromatic heterocycles. The molecular formula is C13H8Cl4N2O. The third-order valence-corrected chi connectivity index (χ3v) is 3.69. The first-order chi connectivity index (χ1) is 9.38. The smallest absolute Gasteiger partial charge is 0.257 e. The molecule has 0 aliphatic rings. The van der Waals surface area contributed by atoms with Crippen LogP contribution in [-0.4, -0.2) is 5.91 Å². The van der Waals surface area contributed by atoms with Crippen LogP contribution in [-0.2, 0) is 0 Å². The molecule has 2 rings (SSSR count). The molecule has 2 aromatic rings. The van der Waals surface area contributed by atoms with E-state index in [9.17, 15) is 4.79 Å². The van der Waals surface area contributed by atoms with Gasteiger partial charge in [-0.3, -0.25) is 4.79 Å². The van der Waals surface area contributed by atoms with Crippen LogP contribution < -0.4 is 11.1 Å². The van der Waals surface area contributed by atoms with Crippen LogP contribution in [0.2, 0.25) is 20.1 Å². The van der Waals surface area contributed by atoms with Gasteiger partial charge in [-0.25, -0.2) is 0 Å². The topological polar surface area (TPSA) is 55.1 Å². The van der Waals surface area contributed by atoms with E-state index in [1.54, 1.807) is 6.07 Å². The Morgan fingerprint density at radius 3 is 2.10 bits per heavy atom. The Labute approximate surface area is 135 Å². The van der Waals surface area contributed by atoms with E-state index in [0.717, 1.165) is 0 Å². The quantitative estimate of drug-likeness (QED) is 0.738. The van der Waals surface area contributed by atoms with Gasteiger partial charge in [0.2, 0.25) is 0 Å². The number of hydrogen-bond acceptors (Lipinski definition) is 2. The Balaban J connectivity index is 2.28. The van der Waals surface area contributed by atoms with Gasteiger partial charge in [-0.1, -0.05) is 46.4 Å². The molecule has 2 aromatic carbocycles. The zero-order chi connectivity index (χ0) is 14.9. The lowest BCUT2D eigenvalue weighted by molar-refractivity contribution is 0.102. The molecule has 0 unspecified atom stereocenters. The summed E-state index contributed by atoms with van der Waals surface area (Å²) < 4.78 is 0. The van der Waals surface area contributed by atoms with Gasteiger partial charge < -0.3 is 11.1 Å². The summed E-state index contributed by atoms with van der Waals surface area (Å²) in [5.74, 6) is -0.399. The Kier molecular flexibility index (Phi) is 4.66. The SMILES string of the molecule is Nc1c(Cl)cc(NC(=O)c2ccc(Cl)cc2Cl)cc1Cl. The molecule has 0 atom stereocenters. The summed E-state index contributed by atoms with van der Waals surface area (Å²) in [4.78, 5) is 12.1. The molecule has 0 fully saturated rings. The average Bonchev–Trinajstić information content (AvgIpc) is 2.35. The Hall–Kier alpha value is -1.13. The van der Waals surface area contributed by atoms with E-state index in [-0.39, 0.29) is 20.8 Å². The number of nitrogen functional groups attached to an aromatic ring is 1. The van der Waals surface area contributed by atoms with Crippen LogP contribution >= 0.6 is 46.4 Å². The number of amides is 1. The first-order valence-corrected chi connectivity index (χ1v) is 6.90. The van der Waals surface area contributed by atoms with Crippen LogP contribution in [0.5, 0.6) is 0 Å². The maximum atomic E-state index is 12.1. The molecule has 0 aliphatic carbocycles. The predicted molar refractivity (Wildman–Crippen MR) is 85.3 cm³/mol. The van der Waals surface area contributed by atoms with Crippen LogP contribution in [0.25, 0.3) is 0 Å². The van der Waals surface area contributed by atoms with Crippen molar-refractivity contribution in [3.05, 3.63) is 56.0 Å². The fourth-order valence-corrected chi connectivity index (χ4v) is 2.51. The molecule has 0 saturated heterocycles. The van der Waals surface area contributed by atoms with Gasteiger partial charge in [0.1, 0.15) is 0 Å². The van der Waals surface area contributed by atoms with Gasteiger partial charge in [-0.2, -0.15) is 0 Å². The van der Waals surface area contributed by atoms with Crippen molar-refractivity contribution in [2.24, 2.45) is 0 Å². The molecule has 3 nitrogen and oxygen atoms in total. The molecule has 0 radical (unpaired) electrons. The Morgan fingerprint density at radius 1 is 0.950 bits per heavy atom. The fourth-order valence-electron chi connectivity index (χ4n) is 1.53. The first-order valence-electron chi connectivity index (χ1n) is 5.39. The standard InChI is InChI=1S/C13H8Cl4N2O/c14-6-1-2-8(9(15)3-6)13(20)19-7-4-10(16)12(18)11(17)5-7/h1-5H,18H2,(H,19,20). The molecule has 7 heteroatoms. The Bertz CT molecular complexity index is 665. The summed E-state index contributed by atoms with van der Waals surface area (Å²) >= 11 is 23.5. The number of benzene rings is 2. The summed E-state index contributed by atoms with van der Waals surface area (Å²) in [7, 11) is 0. The summed E-state index contributed by atoms with van der Waals surface area (Å²) in [5.41, 5.74) is 6.59. The van der Waals surface area contributed by atoms with Crippen molar-refractivity contribution >= 4 is 63.7 Å². The number of carbonyl (C=O) groups excluding carboxylic acids is 1. The van der Waals surface area contributed by atoms with Crippen molar-refractivity contribution in [2.45, 2.75) is 0 Å². The van der Waals surface area contributed by atoms with Gasteiger partial charge in [-0.05, 0) is 30.3 Å². The largest absolute Gasteiger partial charge is 0.396 e. The van der Waals surface area contributed by atoms with Gasteiger partial charge >= 0.3 is 0 Å². The maximum absolute atomic E-state index is 12.1. The van der Waals surface area contributed by atoms with E-state index in [1.807, 2.05) is 0 Å². The lowest BCUT2D eigenvalue weighted by Crippen LogP contribution is -2.12. The normalized spacial score (nSPS) is 10.4. The molecule has 0 heterocycles. The number of rotatable bonds is 2. The Morgan fingerprint density at radius 2 is 1.55 bits per heavy atom. The average molecular weight is 350 g/mol. The van der Waals surface area contributed by atoms with Crippen LogP contribution in [0.3, 0.4) is 0 Å². The van der Waals surface area contributed by atoms with Crippen molar-refractivity contribution < 1.29 is 4.79 Å². The molecule has 0 bridgehead atoms. The number of nitrogens with two attached hydrogens (primary N) is 1. The second-order valence-corrected chi connectivity index (χ2v) is 5.59. The lowest BCUT2D eigenvalue weighted by atomic mass is 10.2. The second-order valence-electron chi connectivity index (χ2n) is 3.93. The minimum Gasteiger partial charge on any atom is -0.396 e. The van der Waals surface area contributed by atoms with Crippen LogP contribution in [0, 0.1) is 0 Å². The minimum atomic E-state index is -0.399. The van der Waals surface area contributed by atoms with E-state index in [0.29, 0.717) is 16.3 Å². The van der Waals surface area contributed by atoms with Crippen LogP contribution in [0.4, 0.5) is 11.4 Å². The van der Waals surface area contributed by atoms with Gasteiger partial charge in [-0.15, -0.1) is 0 Å². The summed E-state index contributed by atoms with van der Waals surface area (Å²) in [6.45, 7) is 0. The second kappa shape index (κ2) is 6.10.